The highest BCUT2D eigenvalue weighted by Gasteiger charge is 2.11. The number of benzene rings is 1. The summed E-state index contributed by atoms with van der Waals surface area (Å²) in [5.74, 6) is -0.114. The molecule has 88 valence electrons. The number of hydrogen-bond acceptors (Lipinski definition) is 3. The summed E-state index contributed by atoms with van der Waals surface area (Å²) < 4.78 is 0. The van der Waals surface area contributed by atoms with Gasteiger partial charge in [0.15, 0.2) is 0 Å². The number of nitrogens with zero attached hydrogens (tertiary/aromatic N) is 2. The Balaban J connectivity index is 2.56. The number of carbonyl (C=O) groups excluding carboxylic acids is 1. The summed E-state index contributed by atoms with van der Waals surface area (Å²) in [7, 11) is 3.57. The zero-order valence-electron chi connectivity index (χ0n) is 10.2. The number of hydrazine groups is 1. The number of hydrogen-bond donors (Lipinski definition) is 1. The number of pyridine rings is 1. The van der Waals surface area contributed by atoms with Crippen molar-refractivity contribution in [1.29, 1.82) is 0 Å². The van der Waals surface area contributed by atoms with E-state index in [1.54, 1.807) is 25.2 Å². The van der Waals surface area contributed by atoms with Gasteiger partial charge in [-0.05, 0) is 19.1 Å². The van der Waals surface area contributed by atoms with E-state index in [2.05, 4.69) is 10.4 Å². The van der Waals surface area contributed by atoms with Crippen LogP contribution in [0.2, 0.25) is 0 Å². The molecule has 0 aliphatic carbocycles. The summed E-state index contributed by atoms with van der Waals surface area (Å²) in [6.45, 7) is 1.89. The molecule has 0 spiro atoms. The monoisotopic (exact) mass is 229 g/mol. The molecule has 4 heteroatoms. The molecule has 0 aliphatic heterocycles. The second-order valence-electron chi connectivity index (χ2n) is 4.16. The zero-order valence-corrected chi connectivity index (χ0v) is 10.2. The predicted octanol–water partition coefficient (Wildman–Crippen LogP) is 1.75. The van der Waals surface area contributed by atoms with Crippen molar-refractivity contribution >= 4 is 16.8 Å². The average molecular weight is 229 g/mol. The van der Waals surface area contributed by atoms with E-state index >= 15 is 0 Å². The van der Waals surface area contributed by atoms with Crippen LogP contribution in [0.1, 0.15) is 16.1 Å². The fraction of sp³-hybridized carbons (Fsp3) is 0.231. The topological polar surface area (TPSA) is 45.2 Å². The number of nitrogens with one attached hydrogen (secondary N) is 1. The SMILES string of the molecule is Cc1cc(C(=O)NN(C)C)c2ccccc2n1. The molecular formula is C13H15N3O. The van der Waals surface area contributed by atoms with Crippen LogP contribution in [-0.2, 0) is 0 Å². The van der Waals surface area contributed by atoms with E-state index in [0.29, 0.717) is 5.56 Å². The molecule has 0 atom stereocenters. The van der Waals surface area contributed by atoms with Gasteiger partial charge in [0.05, 0.1) is 11.1 Å². The molecule has 0 bridgehead atoms. The molecule has 17 heavy (non-hydrogen) atoms. The van der Waals surface area contributed by atoms with Crippen LogP contribution in [0.15, 0.2) is 30.3 Å². The Bertz CT molecular complexity index is 564. The molecular weight excluding hydrogens is 214 g/mol. The number of carbonyl (C=O) groups is 1. The van der Waals surface area contributed by atoms with Gasteiger partial charge in [-0.25, -0.2) is 5.01 Å². The minimum atomic E-state index is -0.114. The molecule has 1 amide bonds. The molecule has 0 aliphatic rings. The third-order valence-corrected chi connectivity index (χ3v) is 2.41. The van der Waals surface area contributed by atoms with Crippen molar-refractivity contribution in [3.8, 4) is 0 Å². The normalized spacial score (nSPS) is 10.8. The van der Waals surface area contributed by atoms with Crippen LogP contribution >= 0.6 is 0 Å². The van der Waals surface area contributed by atoms with Crippen LogP contribution in [-0.4, -0.2) is 30.0 Å². The summed E-state index contributed by atoms with van der Waals surface area (Å²) >= 11 is 0. The summed E-state index contributed by atoms with van der Waals surface area (Å²) in [6.07, 6.45) is 0. The third kappa shape index (κ3) is 2.42. The second kappa shape index (κ2) is 4.51. The van der Waals surface area contributed by atoms with E-state index in [-0.39, 0.29) is 5.91 Å². The zero-order chi connectivity index (χ0) is 12.4. The van der Waals surface area contributed by atoms with E-state index in [1.165, 1.54) is 0 Å². The standard InChI is InChI=1S/C13H15N3O/c1-9-8-11(13(17)15-16(2)3)10-6-4-5-7-12(10)14-9/h4-8H,1-3H3,(H,15,17). The Morgan fingerprint density at radius 1 is 1.29 bits per heavy atom. The fourth-order valence-electron chi connectivity index (χ4n) is 1.76. The Kier molecular flexibility index (Phi) is 3.06. The first-order chi connectivity index (χ1) is 8.08. The highest BCUT2D eigenvalue weighted by Crippen LogP contribution is 2.17. The lowest BCUT2D eigenvalue weighted by Gasteiger charge is -2.13. The lowest BCUT2D eigenvalue weighted by molar-refractivity contribution is 0.0858. The van der Waals surface area contributed by atoms with Crippen molar-refractivity contribution in [3.05, 3.63) is 41.6 Å². The second-order valence-corrected chi connectivity index (χ2v) is 4.16. The van der Waals surface area contributed by atoms with Gasteiger partial charge in [0.1, 0.15) is 0 Å². The summed E-state index contributed by atoms with van der Waals surface area (Å²) in [4.78, 5) is 16.4. The quantitative estimate of drug-likeness (QED) is 0.798. The van der Waals surface area contributed by atoms with Crippen LogP contribution in [0, 0.1) is 6.92 Å². The fourth-order valence-corrected chi connectivity index (χ4v) is 1.76. The first-order valence-corrected chi connectivity index (χ1v) is 5.42. The van der Waals surface area contributed by atoms with Gasteiger partial charge < -0.3 is 0 Å². The Morgan fingerprint density at radius 3 is 2.71 bits per heavy atom. The summed E-state index contributed by atoms with van der Waals surface area (Å²) in [5.41, 5.74) is 5.08. The maximum absolute atomic E-state index is 12.0. The number of rotatable bonds is 2. The van der Waals surface area contributed by atoms with Crippen molar-refractivity contribution in [2.24, 2.45) is 0 Å². The predicted molar refractivity (Wildman–Crippen MR) is 67.6 cm³/mol. The van der Waals surface area contributed by atoms with E-state index in [0.717, 1.165) is 16.6 Å². The minimum Gasteiger partial charge on any atom is -0.285 e. The van der Waals surface area contributed by atoms with Gasteiger partial charge in [-0.15, -0.1) is 0 Å². The van der Waals surface area contributed by atoms with Crippen molar-refractivity contribution in [2.45, 2.75) is 6.92 Å². The Morgan fingerprint density at radius 2 is 2.00 bits per heavy atom. The van der Waals surface area contributed by atoms with E-state index in [9.17, 15) is 4.79 Å². The smallest absolute Gasteiger partial charge is 0.266 e. The average Bonchev–Trinajstić information content (AvgIpc) is 2.26. The van der Waals surface area contributed by atoms with Gasteiger partial charge in [0.25, 0.3) is 5.91 Å². The van der Waals surface area contributed by atoms with Crippen molar-refractivity contribution < 1.29 is 4.79 Å². The van der Waals surface area contributed by atoms with Crippen LogP contribution in [0.3, 0.4) is 0 Å². The molecule has 2 rings (SSSR count). The van der Waals surface area contributed by atoms with Crippen molar-refractivity contribution in [1.82, 2.24) is 15.4 Å². The van der Waals surface area contributed by atoms with Gasteiger partial charge in [-0.3, -0.25) is 15.2 Å². The van der Waals surface area contributed by atoms with Gasteiger partial charge in [0, 0.05) is 25.2 Å². The maximum atomic E-state index is 12.0. The molecule has 0 saturated heterocycles. The molecule has 2 aromatic rings. The number of para-hydroxylation sites is 1. The molecule has 1 heterocycles. The van der Waals surface area contributed by atoms with Crippen LogP contribution in [0.25, 0.3) is 10.9 Å². The minimum absolute atomic E-state index is 0.114. The third-order valence-electron chi connectivity index (χ3n) is 2.41. The van der Waals surface area contributed by atoms with Gasteiger partial charge in [0.2, 0.25) is 0 Å². The van der Waals surface area contributed by atoms with Crippen LogP contribution < -0.4 is 5.43 Å². The molecule has 0 saturated carbocycles. The summed E-state index contributed by atoms with van der Waals surface area (Å²) in [5, 5.41) is 2.50. The molecule has 1 N–H and O–H groups in total. The number of fused-ring (bicyclic) bond motifs is 1. The van der Waals surface area contributed by atoms with Crippen molar-refractivity contribution in [3.63, 3.8) is 0 Å². The molecule has 0 fully saturated rings. The number of aryl methyl sites for hydroxylation is 1. The number of aromatic nitrogens is 1. The van der Waals surface area contributed by atoms with E-state index < -0.39 is 0 Å². The Hall–Kier alpha value is -1.94. The highest BCUT2D eigenvalue weighted by molar-refractivity contribution is 6.05. The first kappa shape index (κ1) is 11.5. The maximum Gasteiger partial charge on any atom is 0.266 e. The molecule has 1 aromatic heterocycles. The van der Waals surface area contributed by atoms with Crippen LogP contribution in [0.5, 0.6) is 0 Å². The molecule has 0 unspecified atom stereocenters. The molecule has 4 nitrogen and oxygen atoms in total. The lowest BCUT2D eigenvalue weighted by Crippen LogP contribution is -2.36. The van der Waals surface area contributed by atoms with E-state index in [1.807, 2.05) is 31.2 Å². The van der Waals surface area contributed by atoms with E-state index in [4.69, 9.17) is 0 Å². The Labute approximate surface area is 100 Å². The molecule has 1 aromatic carbocycles. The van der Waals surface area contributed by atoms with Gasteiger partial charge in [-0.1, -0.05) is 18.2 Å². The molecule has 0 radical (unpaired) electrons. The lowest BCUT2D eigenvalue weighted by atomic mass is 10.1. The van der Waals surface area contributed by atoms with Crippen molar-refractivity contribution in [2.75, 3.05) is 14.1 Å². The largest absolute Gasteiger partial charge is 0.285 e. The highest BCUT2D eigenvalue weighted by atomic mass is 16.2. The first-order valence-electron chi connectivity index (χ1n) is 5.42. The van der Waals surface area contributed by atoms with Crippen LogP contribution in [0.4, 0.5) is 0 Å². The van der Waals surface area contributed by atoms with Gasteiger partial charge >= 0.3 is 0 Å². The number of amides is 1. The summed E-state index contributed by atoms with van der Waals surface area (Å²) in [6, 6.07) is 9.45. The van der Waals surface area contributed by atoms with Gasteiger partial charge in [-0.2, -0.15) is 0 Å².